The molecule has 1 N–H and O–H groups in total. The molecule has 2 fully saturated rings. The SMILES string of the molecule is CN=C(NCCc1cc(F)cc(F)c1)N1CCN(C(C)C(=O)N2CCCC2)CC1. The van der Waals surface area contributed by atoms with Gasteiger partial charge in [0.05, 0.1) is 6.04 Å². The van der Waals surface area contributed by atoms with Gasteiger partial charge < -0.3 is 15.1 Å². The summed E-state index contributed by atoms with van der Waals surface area (Å²) in [5.41, 5.74) is 0.615. The number of benzene rings is 1. The summed E-state index contributed by atoms with van der Waals surface area (Å²) in [6.07, 6.45) is 2.72. The van der Waals surface area contributed by atoms with Gasteiger partial charge in [-0.1, -0.05) is 0 Å². The number of carbonyl (C=O) groups excluding carboxylic acids is 1. The van der Waals surface area contributed by atoms with Crippen molar-refractivity contribution in [3.8, 4) is 0 Å². The molecule has 1 atom stereocenters. The normalized spacial score (nSPS) is 19.5. The standard InChI is InChI=1S/C21H31F2N5O/c1-16(20(29)27-7-3-4-8-27)26-9-11-28(12-10-26)21(24-2)25-6-5-17-13-18(22)15-19(23)14-17/h13-16H,3-12H2,1-2H3,(H,24,25). The Morgan fingerprint density at radius 3 is 2.24 bits per heavy atom. The number of guanidine groups is 1. The third-order valence-electron chi connectivity index (χ3n) is 5.77. The van der Waals surface area contributed by atoms with E-state index in [1.54, 1.807) is 7.05 Å². The second-order valence-corrected chi connectivity index (χ2v) is 7.73. The lowest BCUT2D eigenvalue weighted by atomic mass is 10.1. The van der Waals surface area contributed by atoms with Crippen molar-refractivity contribution >= 4 is 11.9 Å². The van der Waals surface area contributed by atoms with Crippen LogP contribution in [0, 0.1) is 11.6 Å². The Kier molecular flexibility index (Phi) is 7.41. The lowest BCUT2D eigenvalue weighted by Gasteiger charge is -2.39. The highest BCUT2D eigenvalue weighted by Crippen LogP contribution is 2.14. The summed E-state index contributed by atoms with van der Waals surface area (Å²) >= 11 is 0. The number of aliphatic imine (C=N–C) groups is 1. The molecule has 1 aromatic rings. The van der Waals surface area contributed by atoms with Crippen LogP contribution in [0.3, 0.4) is 0 Å². The Bertz CT molecular complexity index is 708. The fourth-order valence-electron chi connectivity index (χ4n) is 4.09. The van der Waals surface area contributed by atoms with Gasteiger partial charge in [0.2, 0.25) is 5.91 Å². The van der Waals surface area contributed by atoms with Gasteiger partial charge in [-0.2, -0.15) is 0 Å². The zero-order valence-electron chi connectivity index (χ0n) is 17.3. The van der Waals surface area contributed by atoms with Gasteiger partial charge in [0.1, 0.15) is 11.6 Å². The number of nitrogens with zero attached hydrogens (tertiary/aromatic N) is 4. The van der Waals surface area contributed by atoms with Crippen LogP contribution in [0.25, 0.3) is 0 Å². The number of hydrogen-bond acceptors (Lipinski definition) is 3. The minimum Gasteiger partial charge on any atom is -0.356 e. The zero-order valence-corrected chi connectivity index (χ0v) is 17.3. The first kappa shape index (κ1) is 21.5. The topological polar surface area (TPSA) is 51.2 Å². The van der Waals surface area contributed by atoms with Crippen LogP contribution >= 0.6 is 0 Å². The summed E-state index contributed by atoms with van der Waals surface area (Å²) in [6, 6.07) is 3.49. The highest BCUT2D eigenvalue weighted by atomic mass is 19.1. The van der Waals surface area contributed by atoms with E-state index in [0.717, 1.165) is 64.1 Å². The van der Waals surface area contributed by atoms with E-state index in [1.165, 1.54) is 12.1 Å². The number of piperazine rings is 1. The van der Waals surface area contributed by atoms with Gasteiger partial charge in [-0.25, -0.2) is 8.78 Å². The van der Waals surface area contributed by atoms with Gasteiger partial charge >= 0.3 is 0 Å². The Labute approximate surface area is 171 Å². The summed E-state index contributed by atoms with van der Waals surface area (Å²) in [7, 11) is 1.73. The second-order valence-electron chi connectivity index (χ2n) is 7.73. The molecular weight excluding hydrogens is 376 g/mol. The molecule has 29 heavy (non-hydrogen) atoms. The summed E-state index contributed by atoms with van der Waals surface area (Å²) in [6.45, 7) is 7.48. The maximum Gasteiger partial charge on any atom is 0.239 e. The van der Waals surface area contributed by atoms with Gasteiger partial charge in [-0.3, -0.25) is 14.7 Å². The fraction of sp³-hybridized carbons (Fsp3) is 0.619. The third kappa shape index (κ3) is 5.65. The number of likely N-dealkylation sites (tertiary alicyclic amines) is 1. The van der Waals surface area contributed by atoms with Gasteiger partial charge in [-0.15, -0.1) is 0 Å². The van der Waals surface area contributed by atoms with Gasteiger partial charge in [0.25, 0.3) is 0 Å². The first-order valence-electron chi connectivity index (χ1n) is 10.4. The summed E-state index contributed by atoms with van der Waals surface area (Å²) in [4.78, 5) is 23.3. The van der Waals surface area contributed by atoms with E-state index in [0.29, 0.717) is 18.5 Å². The van der Waals surface area contributed by atoms with Gasteiger partial charge in [0.15, 0.2) is 5.96 Å². The van der Waals surface area contributed by atoms with Crippen LogP contribution in [-0.2, 0) is 11.2 Å². The number of halogens is 2. The molecule has 0 bridgehead atoms. The smallest absolute Gasteiger partial charge is 0.239 e. The predicted octanol–water partition coefficient (Wildman–Crippen LogP) is 1.71. The van der Waals surface area contributed by atoms with Gasteiger partial charge in [-0.05, 0) is 43.9 Å². The maximum absolute atomic E-state index is 13.3. The molecule has 160 valence electrons. The highest BCUT2D eigenvalue weighted by molar-refractivity contribution is 5.82. The summed E-state index contributed by atoms with van der Waals surface area (Å²) in [5, 5.41) is 3.28. The van der Waals surface area contributed by atoms with Crippen molar-refractivity contribution in [1.82, 2.24) is 20.0 Å². The van der Waals surface area contributed by atoms with Crippen LogP contribution in [0.1, 0.15) is 25.3 Å². The van der Waals surface area contributed by atoms with Crippen LogP contribution in [0.15, 0.2) is 23.2 Å². The molecule has 0 radical (unpaired) electrons. The van der Waals surface area contributed by atoms with Crippen LogP contribution in [0.2, 0.25) is 0 Å². The summed E-state index contributed by atoms with van der Waals surface area (Å²) in [5.74, 6) is -0.1000. The van der Waals surface area contributed by atoms with Crippen molar-refractivity contribution in [2.75, 3.05) is 52.9 Å². The Balaban J connectivity index is 1.45. The third-order valence-corrected chi connectivity index (χ3v) is 5.77. The quantitative estimate of drug-likeness (QED) is 0.597. The minimum atomic E-state index is -0.557. The Morgan fingerprint density at radius 1 is 1.03 bits per heavy atom. The number of rotatable bonds is 5. The Hall–Kier alpha value is -2.22. The van der Waals surface area contributed by atoms with Gasteiger partial charge in [0, 0.05) is 58.9 Å². The molecular formula is C21H31F2N5O. The maximum atomic E-state index is 13.3. The van der Waals surface area contributed by atoms with Crippen molar-refractivity contribution in [2.45, 2.75) is 32.2 Å². The first-order valence-corrected chi connectivity index (χ1v) is 10.4. The lowest BCUT2D eigenvalue weighted by molar-refractivity contribution is -0.135. The number of hydrogen-bond donors (Lipinski definition) is 1. The minimum absolute atomic E-state index is 0.0897. The second kappa shape index (κ2) is 10.0. The number of amides is 1. The van der Waals surface area contributed by atoms with E-state index in [9.17, 15) is 13.6 Å². The average Bonchev–Trinajstić information content (AvgIpc) is 3.24. The number of carbonyl (C=O) groups is 1. The van der Waals surface area contributed by atoms with Crippen LogP contribution in [-0.4, -0.2) is 85.5 Å². The molecule has 2 aliphatic heterocycles. The Morgan fingerprint density at radius 2 is 1.66 bits per heavy atom. The van der Waals surface area contributed by atoms with Crippen molar-refractivity contribution in [1.29, 1.82) is 0 Å². The van der Waals surface area contributed by atoms with E-state index in [1.807, 2.05) is 11.8 Å². The first-order chi connectivity index (χ1) is 14.0. The molecule has 8 heteroatoms. The fourth-order valence-corrected chi connectivity index (χ4v) is 4.09. The summed E-state index contributed by atoms with van der Waals surface area (Å²) < 4.78 is 26.6. The highest BCUT2D eigenvalue weighted by Gasteiger charge is 2.30. The molecule has 3 rings (SSSR count). The van der Waals surface area contributed by atoms with E-state index in [4.69, 9.17) is 0 Å². The van der Waals surface area contributed by atoms with Crippen molar-refractivity contribution < 1.29 is 13.6 Å². The molecule has 1 unspecified atom stereocenters. The molecule has 0 aromatic heterocycles. The average molecular weight is 408 g/mol. The van der Waals surface area contributed by atoms with Crippen molar-refractivity contribution in [3.05, 3.63) is 35.4 Å². The van der Waals surface area contributed by atoms with Crippen LogP contribution < -0.4 is 5.32 Å². The molecule has 0 saturated carbocycles. The molecule has 2 heterocycles. The van der Waals surface area contributed by atoms with Crippen LogP contribution in [0.4, 0.5) is 8.78 Å². The van der Waals surface area contributed by atoms with Crippen LogP contribution in [0.5, 0.6) is 0 Å². The van der Waals surface area contributed by atoms with Crippen molar-refractivity contribution in [2.24, 2.45) is 4.99 Å². The van der Waals surface area contributed by atoms with Crippen molar-refractivity contribution in [3.63, 3.8) is 0 Å². The predicted molar refractivity (Wildman–Crippen MR) is 110 cm³/mol. The molecule has 1 amide bonds. The lowest BCUT2D eigenvalue weighted by Crippen LogP contribution is -2.57. The van der Waals surface area contributed by atoms with E-state index >= 15 is 0 Å². The number of nitrogens with one attached hydrogen (secondary N) is 1. The largest absolute Gasteiger partial charge is 0.356 e. The molecule has 2 aliphatic rings. The molecule has 0 spiro atoms. The molecule has 2 saturated heterocycles. The van der Waals surface area contributed by atoms with E-state index in [-0.39, 0.29) is 11.9 Å². The molecule has 1 aromatic carbocycles. The zero-order chi connectivity index (χ0) is 20.8. The monoisotopic (exact) mass is 407 g/mol. The van der Waals surface area contributed by atoms with E-state index in [2.05, 4.69) is 20.1 Å². The molecule has 6 nitrogen and oxygen atoms in total. The molecule has 0 aliphatic carbocycles. The van der Waals surface area contributed by atoms with E-state index < -0.39 is 11.6 Å².